The topological polar surface area (TPSA) is 68.0 Å². The van der Waals surface area contributed by atoms with E-state index in [1.54, 1.807) is 20.8 Å². The summed E-state index contributed by atoms with van der Waals surface area (Å²) >= 11 is 0. The van der Waals surface area contributed by atoms with E-state index >= 15 is 0 Å². The van der Waals surface area contributed by atoms with E-state index in [2.05, 4.69) is 10.3 Å². The molecule has 0 aliphatic heterocycles. The highest BCUT2D eigenvalue weighted by Gasteiger charge is 2.29. The molecule has 0 unspecified atom stereocenters. The van der Waals surface area contributed by atoms with E-state index in [-0.39, 0.29) is 17.1 Å². The molecule has 5 nitrogen and oxygen atoms in total. The van der Waals surface area contributed by atoms with E-state index in [0.717, 1.165) is 16.8 Å². The molecule has 1 aromatic heterocycles. The number of rotatable bonds is 2. The van der Waals surface area contributed by atoms with Crippen LogP contribution in [0.3, 0.4) is 0 Å². The number of nitrogens with zero attached hydrogens (tertiary/aromatic N) is 3. The van der Waals surface area contributed by atoms with Gasteiger partial charge in [0.25, 0.3) is 0 Å². The van der Waals surface area contributed by atoms with Crippen LogP contribution in [0, 0.1) is 11.6 Å². The van der Waals surface area contributed by atoms with Crippen LogP contribution in [0.5, 0.6) is 0 Å². The summed E-state index contributed by atoms with van der Waals surface area (Å²) in [6.07, 6.45) is 0. The van der Waals surface area contributed by atoms with Crippen LogP contribution in [0.2, 0.25) is 0 Å². The standard InChI is InChI=1S/C13H13F2N3O2/c1-13(2,3)11-10(12(19)20)18(17-16-11)9-5-7(14)4-8(15)6-9/h4-6H,1-3H3,(H,19,20). The maximum atomic E-state index is 13.2. The van der Waals surface area contributed by atoms with Gasteiger partial charge in [0.2, 0.25) is 0 Å². The summed E-state index contributed by atoms with van der Waals surface area (Å²) in [7, 11) is 0. The summed E-state index contributed by atoms with van der Waals surface area (Å²) in [5.74, 6) is -2.89. The van der Waals surface area contributed by atoms with E-state index in [9.17, 15) is 18.7 Å². The van der Waals surface area contributed by atoms with Crippen molar-refractivity contribution in [2.24, 2.45) is 0 Å². The molecule has 0 saturated heterocycles. The average Bonchev–Trinajstić information content (AvgIpc) is 2.71. The molecule has 1 aromatic carbocycles. The van der Waals surface area contributed by atoms with Crippen molar-refractivity contribution in [1.82, 2.24) is 15.0 Å². The van der Waals surface area contributed by atoms with Gasteiger partial charge in [-0.05, 0) is 12.1 Å². The van der Waals surface area contributed by atoms with Crippen LogP contribution in [-0.4, -0.2) is 26.1 Å². The molecule has 106 valence electrons. The normalized spacial score (nSPS) is 11.7. The molecule has 7 heteroatoms. The average molecular weight is 281 g/mol. The predicted molar refractivity (Wildman–Crippen MR) is 66.9 cm³/mol. The Kier molecular flexibility index (Phi) is 3.29. The molecule has 2 rings (SSSR count). The van der Waals surface area contributed by atoms with E-state index in [1.165, 1.54) is 0 Å². The van der Waals surface area contributed by atoms with Crippen LogP contribution >= 0.6 is 0 Å². The highest BCUT2D eigenvalue weighted by Crippen LogP contribution is 2.25. The Labute approximate surface area is 113 Å². The number of halogens is 2. The van der Waals surface area contributed by atoms with Gasteiger partial charge in [-0.25, -0.2) is 18.3 Å². The minimum absolute atomic E-state index is 0.0251. The predicted octanol–water partition coefficient (Wildman–Crippen LogP) is 2.54. The van der Waals surface area contributed by atoms with Gasteiger partial charge in [0.1, 0.15) is 17.3 Å². The SMILES string of the molecule is CC(C)(C)c1nnn(-c2cc(F)cc(F)c2)c1C(=O)O. The fourth-order valence-electron chi connectivity index (χ4n) is 1.82. The van der Waals surface area contributed by atoms with Crippen molar-refractivity contribution in [1.29, 1.82) is 0 Å². The number of aromatic nitrogens is 3. The van der Waals surface area contributed by atoms with Crippen molar-refractivity contribution < 1.29 is 18.7 Å². The molecule has 1 heterocycles. The van der Waals surface area contributed by atoms with Crippen molar-refractivity contribution in [3.63, 3.8) is 0 Å². The fraction of sp³-hybridized carbons (Fsp3) is 0.308. The van der Waals surface area contributed by atoms with Crippen molar-refractivity contribution in [2.45, 2.75) is 26.2 Å². The van der Waals surface area contributed by atoms with Gasteiger partial charge < -0.3 is 5.11 Å². The molecule has 0 radical (unpaired) electrons. The maximum absolute atomic E-state index is 13.2. The molecule has 0 fully saturated rings. The smallest absolute Gasteiger partial charge is 0.356 e. The molecular formula is C13H13F2N3O2. The first kappa shape index (κ1) is 14.1. The highest BCUT2D eigenvalue weighted by molar-refractivity contribution is 5.88. The van der Waals surface area contributed by atoms with Crippen LogP contribution in [-0.2, 0) is 5.41 Å². The summed E-state index contributed by atoms with van der Waals surface area (Å²) in [6.45, 7) is 5.33. The Morgan fingerprint density at radius 1 is 1.20 bits per heavy atom. The van der Waals surface area contributed by atoms with Crippen molar-refractivity contribution in [2.75, 3.05) is 0 Å². The van der Waals surface area contributed by atoms with Gasteiger partial charge in [-0.3, -0.25) is 0 Å². The first-order chi connectivity index (χ1) is 9.20. The van der Waals surface area contributed by atoms with Crippen LogP contribution in [0.25, 0.3) is 5.69 Å². The molecule has 0 atom stereocenters. The van der Waals surface area contributed by atoms with E-state index < -0.39 is 23.0 Å². The minimum atomic E-state index is -1.26. The summed E-state index contributed by atoms with van der Waals surface area (Å²) in [6, 6.07) is 2.69. The summed E-state index contributed by atoms with van der Waals surface area (Å²) in [4.78, 5) is 11.4. The van der Waals surface area contributed by atoms with Gasteiger partial charge in [0, 0.05) is 11.5 Å². The van der Waals surface area contributed by atoms with Gasteiger partial charge in [-0.2, -0.15) is 0 Å². The summed E-state index contributed by atoms with van der Waals surface area (Å²) in [5, 5.41) is 16.9. The van der Waals surface area contributed by atoms with Crippen molar-refractivity contribution in [3.05, 3.63) is 41.2 Å². The van der Waals surface area contributed by atoms with Gasteiger partial charge in [-0.15, -0.1) is 5.10 Å². The summed E-state index contributed by atoms with van der Waals surface area (Å²) < 4.78 is 27.4. The first-order valence-electron chi connectivity index (χ1n) is 5.86. The van der Waals surface area contributed by atoms with Gasteiger partial charge in [0.15, 0.2) is 5.69 Å². The van der Waals surface area contributed by atoms with Gasteiger partial charge in [0.05, 0.1) is 5.69 Å². The monoisotopic (exact) mass is 281 g/mol. The van der Waals surface area contributed by atoms with Gasteiger partial charge in [-0.1, -0.05) is 26.0 Å². The third kappa shape index (κ3) is 2.52. The molecule has 0 saturated carbocycles. The third-order valence-corrected chi connectivity index (χ3v) is 2.68. The lowest BCUT2D eigenvalue weighted by Gasteiger charge is -2.15. The highest BCUT2D eigenvalue weighted by atomic mass is 19.1. The Bertz CT molecular complexity index is 654. The largest absolute Gasteiger partial charge is 0.476 e. The maximum Gasteiger partial charge on any atom is 0.356 e. The molecule has 0 amide bonds. The number of hydrogen-bond donors (Lipinski definition) is 1. The van der Waals surface area contributed by atoms with E-state index in [0.29, 0.717) is 6.07 Å². The Hall–Kier alpha value is -2.31. The molecule has 0 spiro atoms. The lowest BCUT2D eigenvalue weighted by Crippen LogP contribution is -2.19. The number of carboxylic acids is 1. The zero-order valence-corrected chi connectivity index (χ0v) is 11.2. The first-order valence-corrected chi connectivity index (χ1v) is 5.86. The van der Waals surface area contributed by atoms with Crippen LogP contribution in [0.4, 0.5) is 8.78 Å². The lowest BCUT2D eigenvalue weighted by atomic mass is 9.90. The van der Waals surface area contributed by atoms with Crippen LogP contribution in [0.15, 0.2) is 18.2 Å². The zero-order valence-electron chi connectivity index (χ0n) is 11.2. The molecule has 0 bridgehead atoms. The Balaban J connectivity index is 2.69. The zero-order chi connectivity index (χ0) is 15.1. The molecule has 0 aliphatic carbocycles. The van der Waals surface area contributed by atoms with E-state index in [4.69, 9.17) is 0 Å². The lowest BCUT2D eigenvalue weighted by molar-refractivity contribution is 0.0684. The van der Waals surface area contributed by atoms with Crippen LogP contribution in [0.1, 0.15) is 37.0 Å². The Morgan fingerprint density at radius 3 is 2.20 bits per heavy atom. The number of hydrogen-bond acceptors (Lipinski definition) is 3. The fourth-order valence-corrected chi connectivity index (χ4v) is 1.82. The second-order valence-corrected chi connectivity index (χ2v) is 5.38. The molecular weight excluding hydrogens is 268 g/mol. The number of carboxylic acid groups (broad SMARTS) is 1. The molecule has 20 heavy (non-hydrogen) atoms. The Morgan fingerprint density at radius 2 is 1.75 bits per heavy atom. The minimum Gasteiger partial charge on any atom is -0.476 e. The van der Waals surface area contributed by atoms with E-state index in [1.807, 2.05) is 0 Å². The van der Waals surface area contributed by atoms with Crippen LogP contribution < -0.4 is 0 Å². The van der Waals surface area contributed by atoms with Crippen molar-refractivity contribution in [3.8, 4) is 5.69 Å². The number of carbonyl (C=O) groups is 1. The quantitative estimate of drug-likeness (QED) is 0.918. The molecule has 0 aliphatic rings. The molecule has 1 N–H and O–H groups in total. The second kappa shape index (κ2) is 4.66. The van der Waals surface area contributed by atoms with Gasteiger partial charge >= 0.3 is 5.97 Å². The van der Waals surface area contributed by atoms with Crippen molar-refractivity contribution >= 4 is 5.97 Å². The summed E-state index contributed by atoms with van der Waals surface area (Å²) in [5.41, 5.74) is -0.544. The third-order valence-electron chi connectivity index (χ3n) is 2.68. The molecule has 2 aromatic rings. The second-order valence-electron chi connectivity index (χ2n) is 5.38. The number of aromatic carboxylic acids is 1. The number of benzene rings is 1.